The third-order valence-corrected chi connectivity index (χ3v) is 2.34. The first-order chi connectivity index (χ1) is 7.54. The fourth-order valence-corrected chi connectivity index (χ4v) is 1.45. The van der Waals surface area contributed by atoms with E-state index in [1.807, 2.05) is 26.8 Å². The van der Waals surface area contributed by atoms with E-state index in [9.17, 15) is 0 Å². The molecule has 0 amide bonds. The second kappa shape index (κ2) is 4.25. The fourth-order valence-electron chi connectivity index (χ4n) is 1.45. The van der Waals surface area contributed by atoms with Crippen LogP contribution >= 0.6 is 0 Å². The highest BCUT2D eigenvalue weighted by Crippen LogP contribution is 2.23. The van der Waals surface area contributed by atoms with E-state index in [2.05, 4.69) is 15.3 Å². The summed E-state index contributed by atoms with van der Waals surface area (Å²) in [5, 5.41) is 3.19. The van der Waals surface area contributed by atoms with E-state index in [1.165, 1.54) is 0 Å². The van der Waals surface area contributed by atoms with Gasteiger partial charge in [0.15, 0.2) is 0 Å². The molecule has 1 aromatic rings. The second-order valence-corrected chi connectivity index (χ2v) is 4.49. The van der Waals surface area contributed by atoms with E-state index in [0.717, 1.165) is 12.1 Å². The summed E-state index contributed by atoms with van der Waals surface area (Å²) in [5.74, 6) is 1.22. The minimum absolute atomic E-state index is 0.116. The zero-order valence-corrected chi connectivity index (χ0v) is 9.90. The number of aryl methyl sites for hydroxylation is 1. The molecule has 0 aromatic carbocycles. The van der Waals surface area contributed by atoms with Crippen molar-refractivity contribution >= 4 is 5.95 Å². The van der Waals surface area contributed by atoms with E-state index >= 15 is 0 Å². The molecule has 2 unspecified atom stereocenters. The van der Waals surface area contributed by atoms with E-state index in [1.54, 1.807) is 0 Å². The molecule has 0 saturated heterocycles. The van der Waals surface area contributed by atoms with E-state index in [4.69, 9.17) is 10.5 Å². The zero-order chi connectivity index (χ0) is 11.7. The van der Waals surface area contributed by atoms with Crippen molar-refractivity contribution in [2.24, 2.45) is 5.73 Å². The summed E-state index contributed by atoms with van der Waals surface area (Å²) in [6.45, 7) is 5.87. The lowest BCUT2D eigenvalue weighted by Gasteiger charge is -2.11. The lowest BCUT2D eigenvalue weighted by Crippen LogP contribution is -2.16. The van der Waals surface area contributed by atoms with Gasteiger partial charge in [-0.25, -0.2) is 4.98 Å². The molecule has 0 aliphatic heterocycles. The van der Waals surface area contributed by atoms with Gasteiger partial charge in [-0.2, -0.15) is 4.98 Å². The third-order valence-electron chi connectivity index (χ3n) is 2.34. The second-order valence-electron chi connectivity index (χ2n) is 4.49. The Bertz CT molecular complexity index is 380. The predicted octanol–water partition coefficient (Wildman–Crippen LogP) is 1.08. The molecule has 2 atom stereocenters. The molecule has 1 saturated carbocycles. The van der Waals surface area contributed by atoms with Crippen molar-refractivity contribution in [2.75, 3.05) is 5.32 Å². The van der Waals surface area contributed by atoms with Gasteiger partial charge in [-0.05, 0) is 27.2 Å². The lowest BCUT2D eigenvalue weighted by molar-refractivity contribution is 0.232. The Hall–Kier alpha value is -1.36. The molecule has 1 aromatic heterocycles. The number of rotatable bonds is 4. The largest absolute Gasteiger partial charge is 0.475 e. The maximum Gasteiger partial charge on any atom is 0.226 e. The summed E-state index contributed by atoms with van der Waals surface area (Å²) in [7, 11) is 0. The van der Waals surface area contributed by atoms with Crippen molar-refractivity contribution in [2.45, 2.75) is 45.4 Å². The number of hydrogen-bond acceptors (Lipinski definition) is 5. The molecule has 1 heterocycles. The third kappa shape index (κ3) is 2.82. The van der Waals surface area contributed by atoms with E-state index < -0.39 is 0 Å². The SMILES string of the molecule is Cc1cc(OC(C)C)nc(NC2CC2N)n1. The Kier molecular flexibility index (Phi) is 2.96. The highest BCUT2D eigenvalue weighted by Gasteiger charge is 2.34. The molecule has 0 spiro atoms. The smallest absolute Gasteiger partial charge is 0.226 e. The Morgan fingerprint density at radius 2 is 2.19 bits per heavy atom. The Morgan fingerprint density at radius 1 is 1.50 bits per heavy atom. The van der Waals surface area contributed by atoms with Crippen LogP contribution in [0.15, 0.2) is 6.07 Å². The standard InChI is InChI=1S/C11H18N4O/c1-6(2)16-10-4-7(3)13-11(15-10)14-9-5-8(9)12/h4,6,8-9H,5,12H2,1-3H3,(H,13,14,15). The summed E-state index contributed by atoms with van der Waals surface area (Å²) in [6.07, 6.45) is 1.10. The topological polar surface area (TPSA) is 73.1 Å². The zero-order valence-electron chi connectivity index (χ0n) is 9.90. The van der Waals surface area contributed by atoms with Crippen molar-refractivity contribution in [3.05, 3.63) is 11.8 Å². The number of nitrogens with two attached hydrogens (primary N) is 1. The monoisotopic (exact) mass is 222 g/mol. The van der Waals surface area contributed by atoms with Crippen molar-refractivity contribution in [1.82, 2.24) is 9.97 Å². The molecule has 16 heavy (non-hydrogen) atoms. The summed E-state index contributed by atoms with van der Waals surface area (Å²) in [5.41, 5.74) is 6.61. The highest BCUT2D eigenvalue weighted by molar-refractivity contribution is 5.34. The van der Waals surface area contributed by atoms with Crippen LogP contribution in [-0.4, -0.2) is 28.2 Å². The summed E-state index contributed by atoms with van der Waals surface area (Å²) < 4.78 is 5.54. The molecule has 3 N–H and O–H groups in total. The summed E-state index contributed by atoms with van der Waals surface area (Å²) in [6, 6.07) is 2.38. The number of ether oxygens (including phenoxy) is 1. The maximum absolute atomic E-state index is 5.72. The van der Waals surface area contributed by atoms with Crippen LogP contribution in [-0.2, 0) is 0 Å². The van der Waals surface area contributed by atoms with Crippen LogP contribution in [0.4, 0.5) is 5.95 Å². The summed E-state index contributed by atoms with van der Waals surface area (Å²) in [4.78, 5) is 8.59. The Morgan fingerprint density at radius 3 is 2.75 bits per heavy atom. The summed E-state index contributed by atoms with van der Waals surface area (Å²) >= 11 is 0. The highest BCUT2D eigenvalue weighted by atomic mass is 16.5. The number of nitrogens with one attached hydrogen (secondary N) is 1. The molecule has 1 fully saturated rings. The van der Waals surface area contributed by atoms with Crippen molar-refractivity contribution in [3.63, 3.8) is 0 Å². The molecule has 88 valence electrons. The Balaban J connectivity index is 2.08. The van der Waals surface area contributed by atoms with Gasteiger partial charge >= 0.3 is 0 Å². The molecule has 5 heteroatoms. The van der Waals surface area contributed by atoms with Gasteiger partial charge in [0.05, 0.1) is 6.10 Å². The van der Waals surface area contributed by atoms with Gasteiger partial charge in [0.25, 0.3) is 0 Å². The Labute approximate surface area is 95.4 Å². The van der Waals surface area contributed by atoms with Crippen LogP contribution in [0.25, 0.3) is 0 Å². The van der Waals surface area contributed by atoms with Crippen LogP contribution in [0.3, 0.4) is 0 Å². The van der Waals surface area contributed by atoms with Crippen molar-refractivity contribution in [1.29, 1.82) is 0 Å². The molecular weight excluding hydrogens is 204 g/mol. The first-order valence-electron chi connectivity index (χ1n) is 5.59. The molecule has 0 bridgehead atoms. The lowest BCUT2D eigenvalue weighted by atomic mass is 10.4. The van der Waals surface area contributed by atoms with Crippen LogP contribution in [0.1, 0.15) is 26.0 Å². The molecule has 2 rings (SSSR count). The minimum Gasteiger partial charge on any atom is -0.475 e. The molecule has 1 aliphatic rings. The minimum atomic E-state index is 0.116. The molecule has 1 aliphatic carbocycles. The van der Waals surface area contributed by atoms with Crippen LogP contribution in [0.2, 0.25) is 0 Å². The van der Waals surface area contributed by atoms with Gasteiger partial charge in [-0.1, -0.05) is 0 Å². The van der Waals surface area contributed by atoms with Gasteiger partial charge in [0, 0.05) is 23.8 Å². The normalized spacial score (nSPS) is 23.3. The van der Waals surface area contributed by atoms with Crippen LogP contribution < -0.4 is 15.8 Å². The van der Waals surface area contributed by atoms with Crippen molar-refractivity contribution < 1.29 is 4.74 Å². The molecule has 0 radical (unpaired) electrons. The number of nitrogens with zero attached hydrogens (tertiary/aromatic N) is 2. The van der Waals surface area contributed by atoms with Gasteiger partial charge in [0.1, 0.15) is 0 Å². The van der Waals surface area contributed by atoms with Crippen LogP contribution in [0.5, 0.6) is 5.88 Å². The first-order valence-corrected chi connectivity index (χ1v) is 5.59. The predicted molar refractivity (Wildman–Crippen MR) is 62.5 cm³/mol. The fraction of sp³-hybridized carbons (Fsp3) is 0.636. The van der Waals surface area contributed by atoms with E-state index in [-0.39, 0.29) is 12.1 Å². The average Bonchev–Trinajstić information content (AvgIpc) is 2.78. The van der Waals surface area contributed by atoms with Gasteiger partial charge in [-0.15, -0.1) is 0 Å². The molecule has 5 nitrogen and oxygen atoms in total. The maximum atomic E-state index is 5.72. The van der Waals surface area contributed by atoms with Crippen LogP contribution in [0, 0.1) is 6.92 Å². The average molecular weight is 222 g/mol. The first kappa shape index (κ1) is 11.1. The van der Waals surface area contributed by atoms with Gasteiger partial charge < -0.3 is 15.8 Å². The number of anilines is 1. The number of hydrogen-bond donors (Lipinski definition) is 2. The van der Waals surface area contributed by atoms with Crippen molar-refractivity contribution in [3.8, 4) is 5.88 Å². The quantitative estimate of drug-likeness (QED) is 0.797. The molecular formula is C11H18N4O. The number of aromatic nitrogens is 2. The van der Waals surface area contributed by atoms with E-state index in [0.29, 0.717) is 17.9 Å². The van der Waals surface area contributed by atoms with Gasteiger partial charge in [0.2, 0.25) is 11.8 Å². The van der Waals surface area contributed by atoms with Gasteiger partial charge in [-0.3, -0.25) is 0 Å².